The van der Waals surface area contributed by atoms with Crippen molar-refractivity contribution in [2.45, 2.75) is 25.1 Å². The molecule has 1 aliphatic rings. The van der Waals surface area contributed by atoms with Gasteiger partial charge in [0.1, 0.15) is 10.7 Å². The molecule has 0 unspecified atom stereocenters. The summed E-state index contributed by atoms with van der Waals surface area (Å²) in [7, 11) is 1.66. The van der Waals surface area contributed by atoms with Crippen LogP contribution >= 0.6 is 22.9 Å². The van der Waals surface area contributed by atoms with Crippen LogP contribution in [0.3, 0.4) is 0 Å². The fraction of sp³-hybridized carbons (Fsp3) is 0.438. The molecule has 0 aliphatic carbocycles. The molecule has 0 spiro atoms. The van der Waals surface area contributed by atoms with E-state index in [1.54, 1.807) is 7.11 Å². The number of nitrogens with zero attached hydrogens (tertiary/aromatic N) is 2. The second kappa shape index (κ2) is 7.01. The zero-order valence-corrected chi connectivity index (χ0v) is 15.0. The summed E-state index contributed by atoms with van der Waals surface area (Å²) in [6.07, 6.45) is -2.55. The van der Waals surface area contributed by atoms with Crippen molar-refractivity contribution in [2.24, 2.45) is 0 Å². The largest absolute Gasteiger partial charge is 0.417 e. The van der Waals surface area contributed by atoms with Crippen LogP contribution in [-0.4, -0.2) is 31.3 Å². The van der Waals surface area contributed by atoms with Gasteiger partial charge in [0.15, 0.2) is 5.13 Å². The monoisotopic (exact) mass is 391 g/mol. The van der Waals surface area contributed by atoms with Crippen molar-refractivity contribution in [2.75, 3.05) is 30.8 Å². The molecule has 2 heterocycles. The molecular weight excluding hydrogens is 375 g/mol. The van der Waals surface area contributed by atoms with Crippen LogP contribution in [0.25, 0.3) is 11.3 Å². The number of piperidine rings is 1. The van der Waals surface area contributed by atoms with Gasteiger partial charge in [0, 0.05) is 25.8 Å². The van der Waals surface area contributed by atoms with Crippen LogP contribution in [0.4, 0.5) is 23.3 Å². The number of ether oxygens (including phenoxy) is 1. The second-order valence-electron chi connectivity index (χ2n) is 5.84. The summed E-state index contributed by atoms with van der Waals surface area (Å²) in [6.45, 7) is 1.44. The van der Waals surface area contributed by atoms with Crippen LogP contribution in [0.2, 0.25) is 5.02 Å². The Bertz CT molecular complexity index is 766. The van der Waals surface area contributed by atoms with Gasteiger partial charge in [-0.1, -0.05) is 29.0 Å². The molecule has 2 aromatic rings. The van der Waals surface area contributed by atoms with E-state index in [-0.39, 0.29) is 11.1 Å². The topological polar surface area (TPSA) is 51.4 Å². The minimum atomic E-state index is -4.53. The van der Waals surface area contributed by atoms with Crippen LogP contribution in [0.5, 0.6) is 0 Å². The lowest BCUT2D eigenvalue weighted by Gasteiger charge is -2.33. The minimum absolute atomic E-state index is 0.0841. The molecule has 0 amide bonds. The fourth-order valence-corrected chi connectivity index (χ4v) is 4.05. The van der Waals surface area contributed by atoms with Crippen LogP contribution in [-0.2, 0) is 10.9 Å². The van der Waals surface area contributed by atoms with Crippen LogP contribution in [0, 0.1) is 0 Å². The molecule has 136 valence electrons. The van der Waals surface area contributed by atoms with Crippen molar-refractivity contribution < 1.29 is 17.9 Å². The van der Waals surface area contributed by atoms with Gasteiger partial charge in [-0.05, 0) is 25.0 Å². The first-order valence-electron chi connectivity index (χ1n) is 7.70. The smallest absolute Gasteiger partial charge is 0.380 e. The van der Waals surface area contributed by atoms with Gasteiger partial charge in [0.05, 0.1) is 16.7 Å². The summed E-state index contributed by atoms with van der Waals surface area (Å²) < 4.78 is 44.9. The molecule has 1 atom stereocenters. The highest BCUT2D eigenvalue weighted by Gasteiger charge is 2.34. The van der Waals surface area contributed by atoms with E-state index in [1.807, 2.05) is 0 Å². The highest BCUT2D eigenvalue weighted by Crippen LogP contribution is 2.42. The van der Waals surface area contributed by atoms with E-state index in [0.29, 0.717) is 22.9 Å². The van der Waals surface area contributed by atoms with Crippen molar-refractivity contribution in [3.63, 3.8) is 0 Å². The second-order valence-corrected chi connectivity index (χ2v) is 7.26. The van der Waals surface area contributed by atoms with Crippen LogP contribution in [0.15, 0.2) is 18.2 Å². The number of hydrogen-bond acceptors (Lipinski definition) is 5. The third kappa shape index (κ3) is 3.86. The zero-order valence-electron chi connectivity index (χ0n) is 13.4. The Hall–Kier alpha value is -1.51. The number of alkyl halides is 3. The van der Waals surface area contributed by atoms with Crippen LogP contribution in [0.1, 0.15) is 18.4 Å². The summed E-state index contributed by atoms with van der Waals surface area (Å²) in [5.74, 6) is 0. The summed E-state index contributed by atoms with van der Waals surface area (Å²) in [5, 5.41) is 0.737. The zero-order chi connectivity index (χ0) is 18.2. The van der Waals surface area contributed by atoms with Gasteiger partial charge in [0.2, 0.25) is 0 Å². The van der Waals surface area contributed by atoms with Gasteiger partial charge in [-0.3, -0.25) is 0 Å². The molecule has 1 aromatic carbocycles. The Morgan fingerprint density at radius 1 is 1.40 bits per heavy atom. The molecule has 1 saturated heterocycles. The molecule has 2 N–H and O–H groups in total. The van der Waals surface area contributed by atoms with E-state index < -0.39 is 11.7 Å². The van der Waals surface area contributed by atoms with E-state index in [2.05, 4.69) is 9.88 Å². The fourth-order valence-electron chi connectivity index (χ4n) is 2.94. The van der Waals surface area contributed by atoms with Gasteiger partial charge in [-0.15, -0.1) is 0 Å². The van der Waals surface area contributed by atoms with Crippen LogP contribution < -0.4 is 10.6 Å². The first kappa shape index (κ1) is 18.3. The SMILES string of the molecule is CO[C@H]1CCCN(c2sc(N)nc2-c2ccc(Cl)c(C(F)(F)F)c2)C1. The highest BCUT2D eigenvalue weighted by molar-refractivity contribution is 7.19. The van der Waals surface area contributed by atoms with Crippen molar-refractivity contribution in [3.8, 4) is 11.3 Å². The average Bonchev–Trinajstić information content (AvgIpc) is 2.96. The number of hydrogen-bond donors (Lipinski definition) is 1. The number of aromatic nitrogens is 1. The number of rotatable bonds is 3. The molecule has 0 bridgehead atoms. The molecule has 0 radical (unpaired) electrons. The lowest BCUT2D eigenvalue weighted by molar-refractivity contribution is -0.137. The van der Waals surface area contributed by atoms with E-state index in [4.69, 9.17) is 22.1 Å². The Morgan fingerprint density at radius 3 is 2.84 bits per heavy atom. The van der Waals surface area contributed by atoms with Gasteiger partial charge in [-0.2, -0.15) is 13.2 Å². The summed E-state index contributed by atoms with van der Waals surface area (Å²) in [5.41, 5.74) is 5.76. The van der Waals surface area contributed by atoms with Gasteiger partial charge in [0.25, 0.3) is 0 Å². The molecule has 0 saturated carbocycles. The molecule has 1 fully saturated rings. The van der Waals surface area contributed by atoms with Gasteiger partial charge in [-0.25, -0.2) is 4.98 Å². The Balaban J connectivity index is 2.01. The minimum Gasteiger partial charge on any atom is -0.380 e. The Morgan fingerprint density at radius 2 is 2.16 bits per heavy atom. The van der Waals surface area contributed by atoms with E-state index in [1.165, 1.54) is 23.5 Å². The molecule has 1 aliphatic heterocycles. The number of halogens is 4. The number of anilines is 2. The lowest BCUT2D eigenvalue weighted by Crippen LogP contribution is -2.39. The third-order valence-corrected chi connectivity index (χ3v) is 5.44. The maximum absolute atomic E-state index is 13.1. The normalized spacial score (nSPS) is 18.6. The average molecular weight is 392 g/mol. The molecule has 3 rings (SSSR count). The molecule has 25 heavy (non-hydrogen) atoms. The number of methoxy groups -OCH3 is 1. The van der Waals surface area contributed by atoms with Crippen molar-refractivity contribution in [1.82, 2.24) is 4.98 Å². The first-order valence-corrected chi connectivity index (χ1v) is 8.90. The highest BCUT2D eigenvalue weighted by atomic mass is 35.5. The maximum Gasteiger partial charge on any atom is 0.417 e. The van der Waals surface area contributed by atoms with Gasteiger partial charge < -0.3 is 15.4 Å². The van der Waals surface area contributed by atoms with Gasteiger partial charge >= 0.3 is 6.18 Å². The Labute approximate surface area is 152 Å². The van der Waals surface area contributed by atoms with Crippen molar-refractivity contribution >= 4 is 33.1 Å². The Kier molecular flexibility index (Phi) is 5.13. The predicted octanol–water partition coefficient (Wildman–Crippen LogP) is 4.68. The molecule has 9 heteroatoms. The third-order valence-electron chi connectivity index (χ3n) is 4.17. The predicted molar refractivity (Wildman–Crippen MR) is 94.2 cm³/mol. The van der Waals surface area contributed by atoms with E-state index in [0.717, 1.165) is 30.5 Å². The maximum atomic E-state index is 13.1. The van der Waals surface area contributed by atoms with Crippen molar-refractivity contribution in [1.29, 1.82) is 0 Å². The number of nitrogens with two attached hydrogens (primary N) is 1. The molecular formula is C16H17ClF3N3OS. The standard InChI is InChI=1S/C16H17ClF3N3OS/c1-24-10-3-2-6-23(8-10)14-13(22-15(21)25-14)9-4-5-12(17)11(7-9)16(18,19)20/h4-5,7,10H,2-3,6,8H2,1H3,(H2,21,22)/t10-/m0/s1. The first-order chi connectivity index (χ1) is 11.8. The lowest BCUT2D eigenvalue weighted by atomic mass is 10.1. The molecule has 1 aromatic heterocycles. The van der Waals surface area contributed by atoms with Crippen molar-refractivity contribution in [3.05, 3.63) is 28.8 Å². The summed E-state index contributed by atoms with van der Waals surface area (Å²) in [4.78, 5) is 6.34. The molecule has 4 nitrogen and oxygen atoms in total. The quantitative estimate of drug-likeness (QED) is 0.825. The summed E-state index contributed by atoms with van der Waals surface area (Å²) in [6, 6.07) is 3.80. The van der Waals surface area contributed by atoms with E-state index >= 15 is 0 Å². The number of nitrogen functional groups attached to an aromatic ring is 1. The number of thiazole rings is 1. The summed E-state index contributed by atoms with van der Waals surface area (Å²) >= 11 is 6.98. The number of benzene rings is 1. The van der Waals surface area contributed by atoms with E-state index in [9.17, 15) is 13.2 Å².